The molecular formula is C28H21ClN2O4S. The fraction of sp³-hybridized carbons (Fsp3) is 0.107. The van der Waals surface area contributed by atoms with Crippen LogP contribution < -0.4 is 14.9 Å². The van der Waals surface area contributed by atoms with E-state index in [2.05, 4.69) is 0 Å². The maximum Gasteiger partial charge on any atom is 0.338 e. The van der Waals surface area contributed by atoms with Crippen LogP contribution in [0.1, 0.15) is 29.7 Å². The van der Waals surface area contributed by atoms with Crippen molar-refractivity contribution in [3.05, 3.63) is 126 Å². The number of hydrogen-bond acceptors (Lipinski definition) is 6. The number of esters is 1. The van der Waals surface area contributed by atoms with Gasteiger partial charge in [0, 0.05) is 10.6 Å². The number of phenols is 1. The van der Waals surface area contributed by atoms with Crippen molar-refractivity contribution in [2.24, 2.45) is 4.99 Å². The molecule has 5 rings (SSSR count). The maximum atomic E-state index is 13.7. The second-order valence-electron chi connectivity index (χ2n) is 8.07. The lowest BCUT2D eigenvalue weighted by molar-refractivity contribution is -0.138. The van der Waals surface area contributed by atoms with Crippen molar-refractivity contribution in [1.29, 1.82) is 0 Å². The molecular weight excluding hydrogens is 496 g/mol. The second kappa shape index (κ2) is 9.97. The molecule has 8 heteroatoms. The van der Waals surface area contributed by atoms with E-state index >= 15 is 0 Å². The normalized spacial score (nSPS) is 15.4. The van der Waals surface area contributed by atoms with Crippen molar-refractivity contribution in [2.75, 3.05) is 6.61 Å². The molecule has 2 heterocycles. The summed E-state index contributed by atoms with van der Waals surface area (Å²) in [7, 11) is 0. The first-order chi connectivity index (χ1) is 17.5. The van der Waals surface area contributed by atoms with E-state index in [9.17, 15) is 14.7 Å². The molecule has 1 aliphatic rings. The topological polar surface area (TPSA) is 80.9 Å². The van der Waals surface area contributed by atoms with Crippen LogP contribution in [0.3, 0.4) is 0 Å². The number of hydrogen-bond donors (Lipinski definition) is 1. The quantitative estimate of drug-likeness (QED) is 0.401. The van der Waals surface area contributed by atoms with E-state index in [1.54, 1.807) is 66.1 Å². The van der Waals surface area contributed by atoms with Crippen LogP contribution in [0.5, 0.6) is 5.75 Å². The Morgan fingerprint density at radius 1 is 1.08 bits per heavy atom. The molecule has 3 aromatic carbocycles. The van der Waals surface area contributed by atoms with E-state index in [4.69, 9.17) is 21.3 Å². The summed E-state index contributed by atoms with van der Waals surface area (Å²) < 4.78 is 7.45. The number of fused-ring (bicyclic) bond motifs is 1. The average molecular weight is 517 g/mol. The predicted octanol–water partition coefficient (Wildman–Crippen LogP) is 4.29. The molecule has 0 fully saturated rings. The summed E-state index contributed by atoms with van der Waals surface area (Å²) in [6.07, 6.45) is 1.75. The van der Waals surface area contributed by atoms with Crippen LogP contribution in [-0.4, -0.2) is 22.2 Å². The third kappa shape index (κ3) is 4.51. The summed E-state index contributed by atoms with van der Waals surface area (Å²) in [6, 6.07) is 22.3. The summed E-state index contributed by atoms with van der Waals surface area (Å²) in [6.45, 7) is 1.92. The minimum absolute atomic E-state index is 0.142. The number of aromatic hydroxyl groups is 1. The molecule has 0 spiro atoms. The Kier molecular flexibility index (Phi) is 6.59. The van der Waals surface area contributed by atoms with Gasteiger partial charge >= 0.3 is 5.97 Å². The molecule has 1 unspecified atom stereocenters. The highest BCUT2D eigenvalue weighted by molar-refractivity contribution is 7.07. The largest absolute Gasteiger partial charge is 0.508 e. The fourth-order valence-corrected chi connectivity index (χ4v) is 5.25. The predicted molar refractivity (Wildman–Crippen MR) is 141 cm³/mol. The highest BCUT2D eigenvalue weighted by Gasteiger charge is 2.35. The van der Waals surface area contributed by atoms with Gasteiger partial charge in [0.15, 0.2) is 4.80 Å². The number of nitrogens with zero attached hydrogens (tertiary/aromatic N) is 2. The van der Waals surface area contributed by atoms with Crippen molar-refractivity contribution in [3.63, 3.8) is 0 Å². The maximum absolute atomic E-state index is 13.7. The fourth-order valence-electron chi connectivity index (χ4n) is 4.12. The van der Waals surface area contributed by atoms with Crippen LogP contribution in [0.2, 0.25) is 5.02 Å². The second-order valence-corrected chi connectivity index (χ2v) is 9.52. The first-order valence-electron chi connectivity index (χ1n) is 11.3. The number of ether oxygens (including phenoxy) is 1. The SMILES string of the molecule is CCOC(=O)C1=C(c2ccccc2)N=c2sc(=Cc3ccc(O)cc3)c(=O)n2C1c1ccc(Cl)cc1. The third-order valence-electron chi connectivity index (χ3n) is 5.75. The van der Waals surface area contributed by atoms with E-state index in [0.29, 0.717) is 25.6 Å². The smallest absolute Gasteiger partial charge is 0.338 e. The van der Waals surface area contributed by atoms with Gasteiger partial charge in [0.1, 0.15) is 5.75 Å². The standard InChI is InChI=1S/C28H21ClN2O4S/c1-2-35-27(34)23-24(18-6-4-3-5-7-18)30-28-31(25(23)19-10-12-20(29)13-11-19)26(33)22(36-28)16-17-8-14-21(32)15-9-17/h3-16,25,32H,2H2,1H3. The van der Waals surface area contributed by atoms with E-state index in [1.165, 1.54) is 11.3 Å². The number of benzene rings is 3. The highest BCUT2D eigenvalue weighted by atomic mass is 35.5. The van der Waals surface area contributed by atoms with Gasteiger partial charge in [-0.05, 0) is 48.4 Å². The molecule has 1 N–H and O–H groups in total. The van der Waals surface area contributed by atoms with Crippen LogP contribution in [0.25, 0.3) is 11.8 Å². The molecule has 36 heavy (non-hydrogen) atoms. The van der Waals surface area contributed by atoms with Crippen LogP contribution in [0.4, 0.5) is 0 Å². The Bertz CT molecular complexity index is 1640. The minimum Gasteiger partial charge on any atom is -0.508 e. The first kappa shape index (κ1) is 23.8. The summed E-state index contributed by atoms with van der Waals surface area (Å²) in [5.41, 5.74) is 2.69. The Labute approximate surface area is 215 Å². The molecule has 1 aromatic heterocycles. The molecule has 6 nitrogen and oxygen atoms in total. The van der Waals surface area contributed by atoms with Gasteiger partial charge in [-0.3, -0.25) is 9.36 Å². The van der Waals surface area contributed by atoms with Crippen LogP contribution >= 0.6 is 22.9 Å². The van der Waals surface area contributed by atoms with Gasteiger partial charge in [0.25, 0.3) is 5.56 Å². The van der Waals surface area contributed by atoms with Crippen molar-refractivity contribution in [2.45, 2.75) is 13.0 Å². The van der Waals surface area contributed by atoms with Gasteiger partial charge in [0.05, 0.1) is 28.5 Å². The Morgan fingerprint density at radius 3 is 2.44 bits per heavy atom. The van der Waals surface area contributed by atoms with Crippen LogP contribution in [0, 0.1) is 0 Å². The van der Waals surface area contributed by atoms with Gasteiger partial charge in [-0.1, -0.05) is 77.5 Å². The van der Waals surface area contributed by atoms with E-state index in [-0.39, 0.29) is 23.5 Å². The lowest BCUT2D eigenvalue weighted by Gasteiger charge is -2.25. The highest BCUT2D eigenvalue weighted by Crippen LogP contribution is 2.35. The average Bonchev–Trinajstić information content (AvgIpc) is 3.20. The molecule has 1 atom stereocenters. The number of carbonyl (C=O) groups excluding carboxylic acids is 1. The molecule has 4 aromatic rings. The van der Waals surface area contributed by atoms with Gasteiger partial charge in [-0.15, -0.1) is 0 Å². The first-order valence-corrected chi connectivity index (χ1v) is 12.5. The molecule has 180 valence electrons. The van der Waals surface area contributed by atoms with Crippen molar-refractivity contribution >= 4 is 40.7 Å². The molecule has 1 aliphatic heterocycles. The lowest BCUT2D eigenvalue weighted by atomic mass is 9.93. The van der Waals surface area contributed by atoms with Gasteiger partial charge in [-0.25, -0.2) is 9.79 Å². The van der Waals surface area contributed by atoms with Crippen molar-refractivity contribution in [3.8, 4) is 5.75 Å². The Hall–Kier alpha value is -3.94. The van der Waals surface area contributed by atoms with Crippen molar-refractivity contribution < 1.29 is 14.6 Å². The summed E-state index contributed by atoms with van der Waals surface area (Å²) in [5.74, 6) is -0.393. The zero-order valence-electron chi connectivity index (χ0n) is 19.2. The van der Waals surface area contributed by atoms with Crippen LogP contribution in [-0.2, 0) is 9.53 Å². The minimum atomic E-state index is -0.755. The number of halogens is 1. The zero-order valence-corrected chi connectivity index (χ0v) is 20.8. The summed E-state index contributed by atoms with van der Waals surface area (Å²) in [5, 5.41) is 10.1. The van der Waals surface area contributed by atoms with Gasteiger partial charge < -0.3 is 9.84 Å². The molecule has 0 bridgehead atoms. The number of phenolic OH excluding ortho intramolecular Hbond substituents is 1. The molecule has 0 radical (unpaired) electrons. The third-order valence-corrected chi connectivity index (χ3v) is 6.99. The molecule has 0 amide bonds. The zero-order chi connectivity index (χ0) is 25.2. The summed E-state index contributed by atoms with van der Waals surface area (Å²) in [4.78, 5) is 32.4. The van der Waals surface area contributed by atoms with Crippen molar-refractivity contribution in [1.82, 2.24) is 4.57 Å². The number of rotatable bonds is 5. The molecule has 0 saturated carbocycles. The van der Waals surface area contributed by atoms with E-state index < -0.39 is 12.0 Å². The lowest BCUT2D eigenvalue weighted by Crippen LogP contribution is -2.40. The van der Waals surface area contributed by atoms with Gasteiger partial charge in [0.2, 0.25) is 0 Å². The number of aromatic nitrogens is 1. The number of thiazole rings is 1. The van der Waals surface area contributed by atoms with E-state index in [0.717, 1.165) is 11.1 Å². The Morgan fingerprint density at radius 2 is 1.78 bits per heavy atom. The summed E-state index contributed by atoms with van der Waals surface area (Å²) >= 11 is 7.39. The molecule has 0 aliphatic carbocycles. The van der Waals surface area contributed by atoms with Crippen LogP contribution in [0.15, 0.2) is 94.2 Å². The number of carbonyl (C=O) groups is 1. The Balaban J connectivity index is 1.82. The monoisotopic (exact) mass is 516 g/mol. The van der Waals surface area contributed by atoms with Gasteiger partial charge in [-0.2, -0.15) is 0 Å². The molecule has 0 saturated heterocycles. The van der Waals surface area contributed by atoms with E-state index in [1.807, 2.05) is 30.3 Å².